The summed E-state index contributed by atoms with van der Waals surface area (Å²) in [5.74, 6) is 0. The first-order chi connectivity index (χ1) is 2.00. The van der Waals surface area contributed by atoms with Crippen LogP contribution in [0, 0.1) is 0 Å². The Kier molecular flexibility index (Phi) is 4.78. The minimum atomic E-state index is -4.64. The first-order valence-electron chi connectivity index (χ1n) is 0.783. The zero-order valence-electron chi connectivity index (χ0n) is 2.51. The van der Waals surface area contributed by atoms with Crippen molar-refractivity contribution in [1.29, 1.82) is 0 Å². The van der Waals surface area contributed by atoms with Gasteiger partial charge in [0.15, 0.2) is 0 Å². The van der Waals surface area contributed by atoms with Crippen LogP contribution < -0.4 is 0 Å². The molecule has 0 fully saturated rings. The second kappa shape index (κ2) is 2.89. The fraction of sp³-hybridized carbons (Fsp3) is 0. The molecule has 4 nitrogen and oxygen atoms in total. The average molecular weight is 293 g/mol. The maximum atomic E-state index is 8.88. The van der Waals surface area contributed by atoms with Crippen LogP contribution in [0.5, 0.6) is 0 Å². The van der Waals surface area contributed by atoms with Crippen LogP contribution >= 0.6 is 7.82 Å². The summed E-state index contributed by atoms with van der Waals surface area (Å²) in [6, 6.07) is 0. The van der Waals surface area contributed by atoms with Crippen LogP contribution in [-0.4, -0.2) is 14.7 Å². The minimum absolute atomic E-state index is 0. The van der Waals surface area contributed by atoms with Gasteiger partial charge in [0.2, 0.25) is 0 Å². The van der Waals surface area contributed by atoms with Crippen molar-refractivity contribution >= 4 is 7.82 Å². The summed E-state index contributed by atoms with van der Waals surface area (Å²) in [6.45, 7) is 0. The van der Waals surface area contributed by atoms with Gasteiger partial charge in [0, 0.05) is 21.1 Å². The van der Waals surface area contributed by atoms with E-state index in [4.69, 9.17) is 19.2 Å². The average Bonchev–Trinajstić information content (AvgIpc) is 0.722. The molecular formula is H3O4PPt. The van der Waals surface area contributed by atoms with Crippen molar-refractivity contribution in [3.8, 4) is 0 Å². The van der Waals surface area contributed by atoms with E-state index < -0.39 is 7.82 Å². The van der Waals surface area contributed by atoms with Crippen molar-refractivity contribution in [3.05, 3.63) is 0 Å². The van der Waals surface area contributed by atoms with Crippen molar-refractivity contribution in [2.24, 2.45) is 0 Å². The number of rotatable bonds is 0. The zero-order chi connectivity index (χ0) is 4.50. The van der Waals surface area contributed by atoms with Crippen molar-refractivity contribution in [2.45, 2.75) is 0 Å². The molecule has 3 N–H and O–H groups in total. The molecule has 6 heavy (non-hydrogen) atoms. The molecule has 0 spiro atoms. The molecule has 0 aliphatic heterocycles. The maximum Gasteiger partial charge on any atom is 0.466 e. The smallest absolute Gasteiger partial charge is 0.303 e. The SMILES string of the molecule is O=P(O)(O)O.[Pt]. The van der Waals surface area contributed by atoms with Gasteiger partial charge in [0.1, 0.15) is 0 Å². The van der Waals surface area contributed by atoms with Crippen LogP contribution in [0.2, 0.25) is 0 Å². The van der Waals surface area contributed by atoms with E-state index in [1.165, 1.54) is 0 Å². The molecule has 0 aromatic carbocycles. The fourth-order valence-electron chi connectivity index (χ4n) is 0. The molecule has 42 valence electrons. The summed E-state index contributed by atoms with van der Waals surface area (Å²) in [5, 5.41) is 0. The van der Waals surface area contributed by atoms with Crippen molar-refractivity contribution in [1.82, 2.24) is 0 Å². The molecule has 0 aromatic heterocycles. The van der Waals surface area contributed by atoms with E-state index in [1.807, 2.05) is 0 Å². The molecule has 0 heterocycles. The summed E-state index contributed by atoms with van der Waals surface area (Å²) in [7, 11) is -4.64. The molecule has 0 saturated heterocycles. The quantitative estimate of drug-likeness (QED) is 0.504. The molecule has 0 rings (SSSR count). The van der Waals surface area contributed by atoms with E-state index in [0.29, 0.717) is 0 Å². The van der Waals surface area contributed by atoms with Crippen molar-refractivity contribution < 1.29 is 40.3 Å². The Hall–Kier alpha value is 0.798. The topological polar surface area (TPSA) is 77.8 Å². The molecule has 0 bridgehead atoms. The standard InChI is InChI=1S/H3O4P.Pt/c1-5(2,3)4;/h(H3,1,2,3,4);. The normalized spacial score (nSPS) is 9.83. The Morgan fingerprint density at radius 2 is 1.17 bits per heavy atom. The van der Waals surface area contributed by atoms with E-state index in [-0.39, 0.29) is 21.1 Å². The largest absolute Gasteiger partial charge is 0.466 e. The molecule has 0 unspecified atom stereocenters. The molecule has 0 saturated carbocycles. The monoisotopic (exact) mass is 293 g/mol. The Bertz CT molecular complexity index is 53.7. The van der Waals surface area contributed by atoms with Gasteiger partial charge in [0.25, 0.3) is 0 Å². The molecule has 0 amide bonds. The van der Waals surface area contributed by atoms with Crippen LogP contribution in [0.1, 0.15) is 0 Å². The third-order valence-corrected chi connectivity index (χ3v) is 0. The van der Waals surface area contributed by atoms with E-state index >= 15 is 0 Å². The van der Waals surface area contributed by atoms with E-state index in [9.17, 15) is 0 Å². The summed E-state index contributed by atoms with van der Waals surface area (Å²) >= 11 is 0. The van der Waals surface area contributed by atoms with Crippen LogP contribution in [0.15, 0.2) is 0 Å². The molecule has 0 radical (unpaired) electrons. The van der Waals surface area contributed by atoms with Gasteiger partial charge in [-0.1, -0.05) is 0 Å². The zero-order valence-corrected chi connectivity index (χ0v) is 5.68. The second-order valence-electron chi connectivity index (χ2n) is 0.513. The van der Waals surface area contributed by atoms with Crippen LogP contribution in [0.4, 0.5) is 0 Å². The first kappa shape index (κ1) is 9.93. The Balaban J connectivity index is 0. The van der Waals surface area contributed by atoms with E-state index in [0.717, 1.165) is 0 Å². The Morgan fingerprint density at radius 3 is 1.17 bits per heavy atom. The predicted molar refractivity (Wildman–Crippen MR) is 14.3 cm³/mol. The fourth-order valence-corrected chi connectivity index (χ4v) is 0. The molecule has 0 atom stereocenters. The Morgan fingerprint density at radius 1 is 1.17 bits per heavy atom. The minimum Gasteiger partial charge on any atom is -0.303 e. The summed E-state index contributed by atoms with van der Waals surface area (Å²) in [4.78, 5) is 21.6. The van der Waals surface area contributed by atoms with Crippen LogP contribution in [0.25, 0.3) is 0 Å². The number of hydrogen-bond acceptors (Lipinski definition) is 1. The van der Waals surface area contributed by atoms with Gasteiger partial charge in [-0.15, -0.1) is 0 Å². The van der Waals surface area contributed by atoms with Gasteiger partial charge >= 0.3 is 7.82 Å². The second-order valence-corrected chi connectivity index (χ2v) is 1.54. The molecule has 0 aromatic rings. The van der Waals surface area contributed by atoms with Crippen LogP contribution in [-0.2, 0) is 25.6 Å². The summed E-state index contributed by atoms with van der Waals surface area (Å²) < 4.78 is 8.88. The van der Waals surface area contributed by atoms with Gasteiger partial charge < -0.3 is 14.7 Å². The van der Waals surface area contributed by atoms with Gasteiger partial charge in [0.05, 0.1) is 0 Å². The summed E-state index contributed by atoms with van der Waals surface area (Å²) in [6.07, 6.45) is 0. The van der Waals surface area contributed by atoms with E-state index in [1.54, 1.807) is 0 Å². The maximum absolute atomic E-state index is 8.88. The third kappa shape index (κ3) is 109. The molecular weight excluding hydrogens is 290 g/mol. The van der Waals surface area contributed by atoms with Gasteiger partial charge in [-0.3, -0.25) is 0 Å². The third-order valence-electron chi connectivity index (χ3n) is 0. The molecule has 0 aliphatic rings. The van der Waals surface area contributed by atoms with Gasteiger partial charge in [-0.25, -0.2) is 4.57 Å². The molecule has 6 heteroatoms. The Labute approximate surface area is 48.7 Å². The van der Waals surface area contributed by atoms with Crippen LogP contribution in [0.3, 0.4) is 0 Å². The van der Waals surface area contributed by atoms with Gasteiger partial charge in [-0.05, 0) is 0 Å². The van der Waals surface area contributed by atoms with Gasteiger partial charge in [-0.2, -0.15) is 0 Å². The summed E-state index contributed by atoms with van der Waals surface area (Å²) in [5.41, 5.74) is 0. The number of hydrogen-bond donors (Lipinski definition) is 3. The van der Waals surface area contributed by atoms with Crippen molar-refractivity contribution in [3.63, 3.8) is 0 Å². The number of phosphoric acid groups is 1. The predicted octanol–water partition coefficient (Wildman–Crippen LogP) is -0.931. The van der Waals surface area contributed by atoms with E-state index in [2.05, 4.69) is 0 Å². The molecule has 0 aliphatic carbocycles. The van der Waals surface area contributed by atoms with Crippen molar-refractivity contribution in [2.75, 3.05) is 0 Å². The first-order valence-corrected chi connectivity index (χ1v) is 2.35.